The van der Waals surface area contributed by atoms with E-state index in [4.69, 9.17) is 4.74 Å². The zero-order chi connectivity index (χ0) is 24.1. The molecule has 1 unspecified atom stereocenters. The fraction of sp³-hybridized carbons (Fsp3) is 0.444. The number of alkyl carbamates (subject to hydrolysis) is 1. The van der Waals surface area contributed by atoms with E-state index in [2.05, 4.69) is 34.9 Å². The van der Waals surface area contributed by atoms with Gasteiger partial charge in [0, 0.05) is 18.9 Å². The third-order valence-electron chi connectivity index (χ3n) is 6.80. The van der Waals surface area contributed by atoms with Gasteiger partial charge in [0.05, 0.1) is 0 Å². The fourth-order valence-corrected chi connectivity index (χ4v) is 4.87. The zero-order valence-electron chi connectivity index (χ0n) is 19.5. The van der Waals surface area contributed by atoms with Crippen molar-refractivity contribution in [3.63, 3.8) is 0 Å². The Hall–Kier alpha value is -3.35. The first-order chi connectivity index (χ1) is 16.5. The molecule has 0 aromatic heterocycles. The van der Waals surface area contributed by atoms with E-state index in [9.17, 15) is 19.5 Å². The van der Waals surface area contributed by atoms with Crippen molar-refractivity contribution < 1.29 is 24.2 Å². The lowest BCUT2D eigenvalue weighted by Gasteiger charge is -2.19. The highest BCUT2D eigenvalue weighted by Gasteiger charge is 2.34. The molecule has 1 saturated carbocycles. The standard InChI is InChI=1S/C27H32N2O5/c1-2-7-24(26(31)32)29-25(30)14-18(17-12-13-17)15-28-27(33)34-16-23-21-10-5-3-8-19(21)20-9-4-6-11-22(20)23/h3-6,8-11,17-18,23-24H,2,7,12-16H2,1H3,(H,28,33)(H,29,30)(H,31,32)/t18?,24-/m0/s1. The minimum atomic E-state index is -1.02. The second kappa shape index (κ2) is 10.7. The summed E-state index contributed by atoms with van der Waals surface area (Å²) in [7, 11) is 0. The highest BCUT2D eigenvalue weighted by atomic mass is 16.5. The van der Waals surface area contributed by atoms with Crippen LogP contribution < -0.4 is 10.6 Å². The molecule has 0 saturated heterocycles. The Morgan fingerprint density at radius 2 is 1.65 bits per heavy atom. The Morgan fingerprint density at radius 3 is 2.21 bits per heavy atom. The van der Waals surface area contributed by atoms with Crippen LogP contribution in [0.3, 0.4) is 0 Å². The van der Waals surface area contributed by atoms with Crippen LogP contribution in [0.2, 0.25) is 0 Å². The molecule has 34 heavy (non-hydrogen) atoms. The second-order valence-corrected chi connectivity index (χ2v) is 9.26. The van der Waals surface area contributed by atoms with Gasteiger partial charge >= 0.3 is 12.1 Å². The molecule has 2 aliphatic rings. The molecule has 180 valence electrons. The summed E-state index contributed by atoms with van der Waals surface area (Å²) in [4.78, 5) is 36.3. The van der Waals surface area contributed by atoms with E-state index in [-0.39, 0.29) is 30.8 Å². The Morgan fingerprint density at radius 1 is 1.03 bits per heavy atom. The Labute approximate surface area is 199 Å². The number of ether oxygens (including phenoxy) is 1. The summed E-state index contributed by atoms with van der Waals surface area (Å²) in [6, 6.07) is 15.5. The molecule has 0 bridgehead atoms. The number of aliphatic carboxylic acids is 1. The van der Waals surface area contributed by atoms with Gasteiger partial charge in [0.15, 0.2) is 0 Å². The van der Waals surface area contributed by atoms with Crippen LogP contribution in [0, 0.1) is 11.8 Å². The maximum absolute atomic E-state index is 12.5. The molecule has 2 aliphatic carbocycles. The molecule has 0 radical (unpaired) electrons. The van der Waals surface area contributed by atoms with Gasteiger partial charge in [-0.05, 0) is 53.4 Å². The monoisotopic (exact) mass is 464 g/mol. The molecule has 2 aromatic carbocycles. The highest BCUT2D eigenvalue weighted by Crippen LogP contribution is 2.44. The second-order valence-electron chi connectivity index (χ2n) is 9.26. The third-order valence-corrected chi connectivity index (χ3v) is 6.80. The normalized spacial score (nSPS) is 16.1. The van der Waals surface area contributed by atoms with Crippen molar-refractivity contribution in [1.29, 1.82) is 0 Å². The van der Waals surface area contributed by atoms with E-state index < -0.39 is 18.1 Å². The van der Waals surface area contributed by atoms with Crippen molar-refractivity contribution in [3.8, 4) is 11.1 Å². The number of amides is 2. The van der Waals surface area contributed by atoms with Gasteiger partial charge in [-0.25, -0.2) is 9.59 Å². The van der Waals surface area contributed by atoms with Crippen molar-refractivity contribution in [2.45, 2.75) is 51.0 Å². The average Bonchev–Trinajstić information content (AvgIpc) is 3.63. The average molecular weight is 465 g/mol. The number of fused-ring (bicyclic) bond motifs is 3. The summed E-state index contributed by atoms with van der Waals surface area (Å²) in [5.41, 5.74) is 4.66. The molecule has 0 spiro atoms. The lowest BCUT2D eigenvalue weighted by atomic mass is 9.98. The summed E-state index contributed by atoms with van der Waals surface area (Å²) in [5.74, 6) is -0.970. The van der Waals surface area contributed by atoms with Gasteiger partial charge in [-0.3, -0.25) is 4.79 Å². The van der Waals surface area contributed by atoms with Crippen LogP contribution >= 0.6 is 0 Å². The minimum absolute atomic E-state index is 0.00493. The number of carboxylic acids is 1. The van der Waals surface area contributed by atoms with Crippen molar-refractivity contribution in [1.82, 2.24) is 10.6 Å². The van der Waals surface area contributed by atoms with Gasteiger partial charge in [0.1, 0.15) is 12.6 Å². The van der Waals surface area contributed by atoms with E-state index in [0.717, 1.165) is 24.0 Å². The molecular formula is C27H32N2O5. The molecule has 0 heterocycles. The SMILES string of the molecule is CCC[C@H](NC(=O)CC(CNC(=O)OCC1c2ccccc2-c2ccccc21)C1CC1)C(=O)O. The number of hydrogen-bond donors (Lipinski definition) is 3. The zero-order valence-corrected chi connectivity index (χ0v) is 19.5. The molecule has 7 heteroatoms. The predicted molar refractivity (Wildman–Crippen MR) is 128 cm³/mol. The molecular weight excluding hydrogens is 432 g/mol. The molecule has 4 rings (SSSR count). The maximum Gasteiger partial charge on any atom is 0.407 e. The van der Waals surface area contributed by atoms with E-state index in [0.29, 0.717) is 25.3 Å². The number of rotatable bonds is 11. The van der Waals surface area contributed by atoms with Gasteiger partial charge in [-0.15, -0.1) is 0 Å². The number of carbonyl (C=O) groups is 3. The molecule has 0 aliphatic heterocycles. The van der Waals surface area contributed by atoms with Crippen LogP contribution in [0.1, 0.15) is 56.1 Å². The minimum Gasteiger partial charge on any atom is -0.480 e. The molecule has 2 atom stereocenters. The maximum atomic E-state index is 12.5. The van der Waals surface area contributed by atoms with Gasteiger partial charge < -0.3 is 20.5 Å². The van der Waals surface area contributed by atoms with Crippen LogP contribution in [-0.2, 0) is 14.3 Å². The number of nitrogens with one attached hydrogen (secondary N) is 2. The molecule has 2 aromatic rings. The Kier molecular flexibility index (Phi) is 7.50. The predicted octanol–water partition coefficient (Wildman–Crippen LogP) is 4.31. The number of carbonyl (C=O) groups excluding carboxylic acids is 2. The Bertz CT molecular complexity index is 1000. The smallest absolute Gasteiger partial charge is 0.407 e. The van der Waals surface area contributed by atoms with Gasteiger partial charge in [0.25, 0.3) is 0 Å². The molecule has 1 fully saturated rings. The van der Waals surface area contributed by atoms with Gasteiger partial charge in [-0.2, -0.15) is 0 Å². The van der Waals surface area contributed by atoms with Crippen molar-refractivity contribution in [2.75, 3.05) is 13.2 Å². The van der Waals surface area contributed by atoms with E-state index in [1.807, 2.05) is 31.2 Å². The van der Waals surface area contributed by atoms with E-state index >= 15 is 0 Å². The van der Waals surface area contributed by atoms with Crippen LogP contribution in [-0.4, -0.2) is 42.3 Å². The van der Waals surface area contributed by atoms with Crippen LogP contribution in [0.5, 0.6) is 0 Å². The number of carboxylic acid groups (broad SMARTS) is 1. The van der Waals surface area contributed by atoms with Crippen LogP contribution in [0.4, 0.5) is 4.79 Å². The third kappa shape index (κ3) is 5.58. The summed E-state index contributed by atoms with van der Waals surface area (Å²) in [5, 5.41) is 14.7. The van der Waals surface area contributed by atoms with Gasteiger partial charge in [-0.1, -0.05) is 61.9 Å². The van der Waals surface area contributed by atoms with E-state index in [1.54, 1.807) is 0 Å². The fourth-order valence-electron chi connectivity index (χ4n) is 4.87. The largest absolute Gasteiger partial charge is 0.480 e. The molecule has 2 amide bonds. The quantitative estimate of drug-likeness (QED) is 0.460. The summed E-state index contributed by atoms with van der Waals surface area (Å²) in [6.07, 6.45) is 2.80. The summed E-state index contributed by atoms with van der Waals surface area (Å²) >= 11 is 0. The first-order valence-electron chi connectivity index (χ1n) is 12.1. The topological polar surface area (TPSA) is 105 Å². The first-order valence-corrected chi connectivity index (χ1v) is 12.1. The lowest BCUT2D eigenvalue weighted by Crippen LogP contribution is -2.42. The van der Waals surface area contributed by atoms with E-state index in [1.165, 1.54) is 11.1 Å². The highest BCUT2D eigenvalue weighted by molar-refractivity contribution is 5.83. The molecule has 3 N–H and O–H groups in total. The number of hydrogen-bond acceptors (Lipinski definition) is 4. The first kappa shape index (κ1) is 23.8. The Balaban J connectivity index is 1.29. The molecule has 7 nitrogen and oxygen atoms in total. The van der Waals surface area contributed by atoms with Gasteiger partial charge in [0.2, 0.25) is 5.91 Å². The summed E-state index contributed by atoms with van der Waals surface area (Å²) < 4.78 is 5.59. The van der Waals surface area contributed by atoms with Crippen LogP contribution in [0.15, 0.2) is 48.5 Å². The van der Waals surface area contributed by atoms with Crippen molar-refractivity contribution in [2.24, 2.45) is 11.8 Å². The lowest BCUT2D eigenvalue weighted by molar-refractivity contribution is -0.142. The van der Waals surface area contributed by atoms with Crippen molar-refractivity contribution in [3.05, 3.63) is 59.7 Å². The van der Waals surface area contributed by atoms with Crippen LogP contribution in [0.25, 0.3) is 11.1 Å². The van der Waals surface area contributed by atoms with Crippen molar-refractivity contribution >= 4 is 18.0 Å². The summed E-state index contributed by atoms with van der Waals surface area (Å²) in [6.45, 7) is 2.46. The number of benzene rings is 2.